The normalized spacial score (nSPS) is 22.6. The van der Waals surface area contributed by atoms with Crippen LogP contribution in [0.15, 0.2) is 30.5 Å². The van der Waals surface area contributed by atoms with E-state index in [-0.39, 0.29) is 5.92 Å². The van der Waals surface area contributed by atoms with Crippen LogP contribution in [-0.2, 0) is 4.79 Å². The Labute approximate surface area is 205 Å². The van der Waals surface area contributed by atoms with Gasteiger partial charge >= 0.3 is 0 Å². The zero-order valence-corrected chi connectivity index (χ0v) is 20.3. The Morgan fingerprint density at radius 3 is 2.60 bits per heavy atom. The number of hydrogen-bond donors (Lipinski definition) is 1. The minimum absolute atomic E-state index is 0.278. The minimum Gasteiger partial charge on any atom is -0.396 e. The van der Waals surface area contributed by atoms with E-state index in [4.69, 9.17) is 10.7 Å². The number of nitrogens with zero attached hydrogens (tertiary/aromatic N) is 5. The largest absolute Gasteiger partial charge is 0.396 e. The molecule has 1 aliphatic heterocycles. The second-order valence-corrected chi connectivity index (χ2v) is 11.0. The summed E-state index contributed by atoms with van der Waals surface area (Å²) < 4.78 is 0. The summed E-state index contributed by atoms with van der Waals surface area (Å²) >= 11 is 0. The molecule has 0 radical (unpaired) electrons. The van der Waals surface area contributed by atoms with Crippen molar-refractivity contribution in [2.24, 2.45) is 11.8 Å². The Hall–Kier alpha value is -3.22. The smallest absolute Gasteiger partial charge is 0.226 e. The van der Waals surface area contributed by atoms with Crippen LogP contribution < -0.4 is 10.6 Å². The zero-order valence-electron chi connectivity index (χ0n) is 20.3. The van der Waals surface area contributed by atoms with Crippen LogP contribution in [0.4, 0.5) is 11.5 Å². The summed E-state index contributed by atoms with van der Waals surface area (Å²) in [4.78, 5) is 31.9. The van der Waals surface area contributed by atoms with Crippen molar-refractivity contribution in [2.45, 2.75) is 57.4 Å². The van der Waals surface area contributed by atoms with Crippen molar-refractivity contribution in [3.05, 3.63) is 41.9 Å². The maximum absolute atomic E-state index is 13.0. The highest BCUT2D eigenvalue weighted by Gasteiger charge is 2.45. The summed E-state index contributed by atoms with van der Waals surface area (Å²) in [6.45, 7) is 4.42. The molecule has 7 heteroatoms. The summed E-state index contributed by atoms with van der Waals surface area (Å²) in [7, 11) is 0. The number of carbonyl (C=O) groups is 1. The van der Waals surface area contributed by atoms with E-state index in [2.05, 4.69) is 38.0 Å². The van der Waals surface area contributed by atoms with Gasteiger partial charge in [0.25, 0.3) is 0 Å². The van der Waals surface area contributed by atoms with Crippen molar-refractivity contribution >= 4 is 28.4 Å². The summed E-state index contributed by atoms with van der Waals surface area (Å²) in [5.74, 6) is 2.65. The number of piperazine rings is 1. The molecule has 7 nitrogen and oxygen atoms in total. The molecule has 3 saturated carbocycles. The third-order valence-electron chi connectivity index (χ3n) is 8.12. The van der Waals surface area contributed by atoms with E-state index in [0.29, 0.717) is 29.5 Å². The molecule has 3 aromatic rings. The molecule has 0 unspecified atom stereocenters. The Kier molecular flexibility index (Phi) is 4.76. The first-order valence-corrected chi connectivity index (χ1v) is 13.2. The molecule has 1 saturated heterocycles. The van der Waals surface area contributed by atoms with Gasteiger partial charge in [0.2, 0.25) is 5.91 Å². The van der Waals surface area contributed by atoms with Gasteiger partial charge < -0.3 is 15.5 Å². The number of pyridine rings is 3. The molecule has 3 aliphatic carbocycles. The van der Waals surface area contributed by atoms with Gasteiger partial charge in [-0.05, 0) is 81.2 Å². The topological polar surface area (TPSA) is 88.2 Å². The molecule has 7 rings (SSSR count). The van der Waals surface area contributed by atoms with Gasteiger partial charge in [-0.15, -0.1) is 0 Å². The number of aromatic nitrogens is 3. The maximum atomic E-state index is 13.0. The monoisotopic (exact) mass is 468 g/mol. The van der Waals surface area contributed by atoms with Crippen LogP contribution in [0.2, 0.25) is 0 Å². The number of anilines is 2. The molecule has 2 N–H and O–H groups in total. The standard InChI is InChI=1S/C28H32N6O/c1-16-13-21(20-3-2-10-30-26(20)31-16)22-14-23(29)27(32-25(22)18-6-7-18)33-11-12-34(28(35)19-8-9-19)24(15-33)17-4-5-17/h2-3,10,13-14,17-19,24H,4-9,11-12,15,29H2,1H3/t24-/m0/s1. The highest BCUT2D eigenvalue weighted by Crippen LogP contribution is 2.47. The maximum Gasteiger partial charge on any atom is 0.226 e. The van der Waals surface area contributed by atoms with E-state index in [1.807, 2.05) is 13.0 Å². The molecule has 0 aromatic carbocycles. The van der Waals surface area contributed by atoms with Gasteiger partial charge in [0.05, 0.1) is 17.4 Å². The Bertz CT molecular complexity index is 1330. The molecule has 0 bridgehead atoms. The van der Waals surface area contributed by atoms with Crippen molar-refractivity contribution in [1.82, 2.24) is 19.9 Å². The number of nitrogens with two attached hydrogens (primary N) is 1. The highest BCUT2D eigenvalue weighted by atomic mass is 16.2. The number of fused-ring (bicyclic) bond motifs is 1. The van der Waals surface area contributed by atoms with Gasteiger partial charge in [-0.2, -0.15) is 0 Å². The van der Waals surface area contributed by atoms with Crippen LogP contribution in [0.25, 0.3) is 22.2 Å². The summed E-state index contributed by atoms with van der Waals surface area (Å²) in [6, 6.07) is 8.61. The third-order valence-corrected chi connectivity index (χ3v) is 8.12. The first-order chi connectivity index (χ1) is 17.1. The van der Waals surface area contributed by atoms with Crippen LogP contribution >= 0.6 is 0 Å². The number of nitrogen functional groups attached to an aromatic ring is 1. The van der Waals surface area contributed by atoms with E-state index in [9.17, 15) is 4.79 Å². The van der Waals surface area contributed by atoms with E-state index < -0.39 is 0 Å². The van der Waals surface area contributed by atoms with Gasteiger partial charge in [0.1, 0.15) is 0 Å². The SMILES string of the molecule is Cc1cc(-c2cc(N)c(N3CCN(C(=O)C4CC4)[C@H](C4CC4)C3)nc2C2CC2)c2cccnc2n1. The molecule has 4 fully saturated rings. The van der Waals surface area contributed by atoms with E-state index in [1.54, 1.807) is 6.20 Å². The predicted octanol–water partition coefficient (Wildman–Crippen LogP) is 4.30. The Balaban J connectivity index is 1.27. The van der Waals surface area contributed by atoms with Crippen LogP contribution in [0.3, 0.4) is 0 Å². The first kappa shape index (κ1) is 21.1. The van der Waals surface area contributed by atoms with E-state index in [1.165, 1.54) is 12.8 Å². The number of aryl methyl sites for hydroxylation is 1. The molecular weight excluding hydrogens is 436 g/mol. The van der Waals surface area contributed by atoms with Crippen molar-refractivity contribution in [2.75, 3.05) is 30.3 Å². The lowest BCUT2D eigenvalue weighted by atomic mass is 9.97. The quantitative estimate of drug-likeness (QED) is 0.601. The van der Waals surface area contributed by atoms with Crippen LogP contribution in [0.1, 0.15) is 55.8 Å². The number of amides is 1. The van der Waals surface area contributed by atoms with Gasteiger partial charge in [0.15, 0.2) is 11.5 Å². The molecule has 1 atom stereocenters. The lowest BCUT2D eigenvalue weighted by molar-refractivity contribution is -0.135. The molecular formula is C28H32N6O. The summed E-state index contributed by atoms with van der Waals surface area (Å²) in [5.41, 5.74) is 12.5. The predicted molar refractivity (Wildman–Crippen MR) is 137 cm³/mol. The second kappa shape index (κ2) is 7.90. The zero-order chi connectivity index (χ0) is 23.7. The van der Waals surface area contributed by atoms with Crippen molar-refractivity contribution in [1.29, 1.82) is 0 Å². The van der Waals surface area contributed by atoms with Crippen molar-refractivity contribution in [3.8, 4) is 11.1 Å². The number of rotatable bonds is 5. The van der Waals surface area contributed by atoms with Gasteiger partial charge in [-0.3, -0.25) is 4.79 Å². The molecule has 3 aromatic heterocycles. The molecule has 4 heterocycles. The highest BCUT2D eigenvalue weighted by molar-refractivity contribution is 5.95. The first-order valence-electron chi connectivity index (χ1n) is 13.2. The lowest BCUT2D eigenvalue weighted by Gasteiger charge is -2.43. The van der Waals surface area contributed by atoms with Crippen LogP contribution in [0.5, 0.6) is 0 Å². The molecule has 1 amide bonds. The third kappa shape index (κ3) is 3.81. The van der Waals surface area contributed by atoms with Crippen molar-refractivity contribution in [3.63, 3.8) is 0 Å². The fourth-order valence-electron chi connectivity index (χ4n) is 5.80. The molecule has 180 valence electrons. The van der Waals surface area contributed by atoms with Gasteiger partial charge in [0, 0.05) is 54.3 Å². The van der Waals surface area contributed by atoms with Crippen LogP contribution in [0, 0.1) is 18.8 Å². The molecule has 35 heavy (non-hydrogen) atoms. The van der Waals surface area contributed by atoms with Gasteiger partial charge in [-0.25, -0.2) is 15.0 Å². The lowest BCUT2D eigenvalue weighted by Crippen LogP contribution is -2.57. The molecule has 0 spiro atoms. The van der Waals surface area contributed by atoms with E-state index >= 15 is 0 Å². The van der Waals surface area contributed by atoms with Crippen LogP contribution in [-0.4, -0.2) is 51.4 Å². The fourth-order valence-corrected chi connectivity index (χ4v) is 5.80. The Morgan fingerprint density at radius 2 is 1.86 bits per heavy atom. The number of hydrogen-bond acceptors (Lipinski definition) is 6. The summed E-state index contributed by atoms with van der Waals surface area (Å²) in [5, 5.41) is 1.04. The second-order valence-electron chi connectivity index (χ2n) is 11.0. The van der Waals surface area contributed by atoms with Gasteiger partial charge in [-0.1, -0.05) is 0 Å². The summed E-state index contributed by atoms with van der Waals surface area (Å²) in [6.07, 6.45) is 8.71. The van der Waals surface area contributed by atoms with E-state index in [0.717, 1.165) is 84.7 Å². The molecule has 4 aliphatic rings. The number of carbonyl (C=O) groups excluding carboxylic acids is 1. The fraction of sp³-hybridized carbons (Fsp3) is 0.500. The average Bonchev–Trinajstić information content (AvgIpc) is 3.72. The average molecular weight is 469 g/mol. The minimum atomic E-state index is 0.278. The van der Waals surface area contributed by atoms with Crippen molar-refractivity contribution < 1.29 is 4.79 Å². The Morgan fingerprint density at radius 1 is 1.03 bits per heavy atom.